The van der Waals surface area contributed by atoms with Crippen LogP contribution in [0.25, 0.3) is 0 Å². The van der Waals surface area contributed by atoms with Gasteiger partial charge in [-0.1, -0.05) is 45.8 Å². The van der Waals surface area contributed by atoms with E-state index >= 15 is 0 Å². The highest BCUT2D eigenvalue weighted by atomic mass is 79.9. The fraction of sp³-hybridized carbons (Fsp3) is 0.250. The summed E-state index contributed by atoms with van der Waals surface area (Å²) in [4.78, 5) is 0. The molecule has 0 saturated carbocycles. The normalized spacial score (nSPS) is 12.2. The van der Waals surface area contributed by atoms with Crippen LogP contribution in [0.2, 0.25) is 0 Å². The average Bonchev–Trinajstić information content (AvgIpc) is 2.41. The molecule has 2 rings (SSSR count). The Labute approximate surface area is 122 Å². The van der Waals surface area contributed by atoms with E-state index in [0.29, 0.717) is 0 Å². The highest BCUT2D eigenvalue weighted by Gasteiger charge is 2.12. The maximum absolute atomic E-state index is 6.32. The molecule has 0 fully saturated rings. The zero-order valence-corrected chi connectivity index (χ0v) is 12.8. The van der Waals surface area contributed by atoms with Gasteiger partial charge in [0.15, 0.2) is 0 Å². The summed E-state index contributed by atoms with van der Waals surface area (Å²) in [6, 6.07) is 14.3. The Morgan fingerprint density at radius 3 is 2.47 bits per heavy atom. The second kappa shape index (κ2) is 6.22. The molecule has 2 aromatic rings. The molecule has 19 heavy (non-hydrogen) atoms. The van der Waals surface area contributed by atoms with Crippen molar-refractivity contribution in [3.63, 3.8) is 0 Å². The number of aryl methyl sites for hydroxylation is 1. The van der Waals surface area contributed by atoms with Crippen LogP contribution in [0.5, 0.6) is 5.75 Å². The van der Waals surface area contributed by atoms with Crippen molar-refractivity contribution in [1.29, 1.82) is 0 Å². The van der Waals surface area contributed by atoms with Gasteiger partial charge in [-0.2, -0.15) is 0 Å². The van der Waals surface area contributed by atoms with Crippen LogP contribution in [0.15, 0.2) is 46.9 Å². The summed E-state index contributed by atoms with van der Waals surface area (Å²) in [7, 11) is 1.68. The molecule has 100 valence electrons. The minimum absolute atomic E-state index is 0.0592. The predicted octanol–water partition coefficient (Wildman–Crippen LogP) is 4.01. The lowest BCUT2D eigenvalue weighted by Crippen LogP contribution is -2.14. The summed E-state index contributed by atoms with van der Waals surface area (Å²) in [5.74, 6) is 0.857. The van der Waals surface area contributed by atoms with E-state index in [1.807, 2.05) is 24.3 Å². The monoisotopic (exact) mass is 319 g/mol. The lowest BCUT2D eigenvalue weighted by molar-refractivity contribution is 0.405. The summed E-state index contributed by atoms with van der Waals surface area (Å²) in [6.07, 6.45) is 0.799. The van der Waals surface area contributed by atoms with Crippen molar-refractivity contribution in [2.45, 2.75) is 19.4 Å². The molecule has 0 bridgehead atoms. The summed E-state index contributed by atoms with van der Waals surface area (Å²) >= 11 is 3.44. The predicted molar refractivity (Wildman–Crippen MR) is 82.5 cm³/mol. The number of hydrogen-bond acceptors (Lipinski definition) is 2. The number of rotatable bonds is 4. The van der Waals surface area contributed by atoms with Gasteiger partial charge in [0.05, 0.1) is 7.11 Å². The van der Waals surface area contributed by atoms with Crippen LogP contribution >= 0.6 is 15.9 Å². The van der Waals surface area contributed by atoms with Gasteiger partial charge < -0.3 is 10.5 Å². The second-order valence-corrected chi connectivity index (χ2v) is 5.60. The molecule has 1 unspecified atom stereocenters. The summed E-state index contributed by atoms with van der Waals surface area (Å²) in [6.45, 7) is 2.06. The highest BCUT2D eigenvalue weighted by Crippen LogP contribution is 2.27. The van der Waals surface area contributed by atoms with Gasteiger partial charge in [-0.15, -0.1) is 0 Å². The smallest absolute Gasteiger partial charge is 0.123 e. The molecule has 0 aromatic heterocycles. The molecule has 0 spiro atoms. The van der Waals surface area contributed by atoms with E-state index in [0.717, 1.165) is 22.2 Å². The molecule has 2 nitrogen and oxygen atoms in total. The molecule has 0 amide bonds. The van der Waals surface area contributed by atoms with Crippen molar-refractivity contribution in [2.24, 2.45) is 5.73 Å². The quantitative estimate of drug-likeness (QED) is 0.924. The van der Waals surface area contributed by atoms with E-state index < -0.39 is 0 Å². The topological polar surface area (TPSA) is 35.2 Å². The molecule has 3 heteroatoms. The zero-order chi connectivity index (χ0) is 13.8. The van der Waals surface area contributed by atoms with Gasteiger partial charge in [0.1, 0.15) is 5.75 Å². The van der Waals surface area contributed by atoms with Crippen LogP contribution in [0, 0.1) is 6.92 Å². The van der Waals surface area contributed by atoms with Gasteiger partial charge in [0.25, 0.3) is 0 Å². The third-order valence-electron chi connectivity index (χ3n) is 3.15. The maximum Gasteiger partial charge on any atom is 0.123 e. The van der Waals surface area contributed by atoms with Gasteiger partial charge in [0, 0.05) is 16.1 Å². The van der Waals surface area contributed by atoms with E-state index in [1.54, 1.807) is 7.11 Å². The fourth-order valence-electron chi connectivity index (χ4n) is 2.13. The largest absolute Gasteiger partial charge is 0.496 e. The lowest BCUT2D eigenvalue weighted by atomic mass is 9.97. The lowest BCUT2D eigenvalue weighted by Gasteiger charge is -2.16. The van der Waals surface area contributed by atoms with E-state index in [4.69, 9.17) is 10.5 Å². The van der Waals surface area contributed by atoms with Gasteiger partial charge >= 0.3 is 0 Å². The van der Waals surface area contributed by atoms with E-state index in [2.05, 4.69) is 41.1 Å². The fourth-order valence-corrected chi connectivity index (χ4v) is 2.39. The van der Waals surface area contributed by atoms with Crippen LogP contribution in [-0.2, 0) is 6.42 Å². The van der Waals surface area contributed by atoms with Crippen LogP contribution in [0.4, 0.5) is 0 Å². The Bertz CT molecular complexity index is 551. The number of hydrogen-bond donors (Lipinski definition) is 1. The summed E-state index contributed by atoms with van der Waals surface area (Å²) in [5.41, 5.74) is 9.80. The van der Waals surface area contributed by atoms with Crippen LogP contribution in [0.3, 0.4) is 0 Å². The van der Waals surface area contributed by atoms with Crippen molar-refractivity contribution in [3.8, 4) is 5.75 Å². The third-order valence-corrected chi connectivity index (χ3v) is 3.68. The molecule has 2 N–H and O–H groups in total. The SMILES string of the molecule is COc1ccc(C)cc1C(N)Cc1ccc(Br)cc1. The number of ether oxygens (including phenoxy) is 1. The Hall–Kier alpha value is -1.32. The van der Waals surface area contributed by atoms with Crippen molar-refractivity contribution in [1.82, 2.24) is 0 Å². The summed E-state index contributed by atoms with van der Waals surface area (Å²) in [5, 5.41) is 0. The molecule has 1 atom stereocenters. The Morgan fingerprint density at radius 1 is 1.16 bits per heavy atom. The molecule has 0 saturated heterocycles. The Kier molecular flexibility index (Phi) is 4.61. The number of nitrogens with two attached hydrogens (primary N) is 1. The maximum atomic E-state index is 6.32. The van der Waals surface area contributed by atoms with Crippen molar-refractivity contribution < 1.29 is 4.74 Å². The van der Waals surface area contributed by atoms with Crippen LogP contribution in [0.1, 0.15) is 22.7 Å². The summed E-state index contributed by atoms with van der Waals surface area (Å²) < 4.78 is 6.47. The first-order chi connectivity index (χ1) is 9.10. The number of benzene rings is 2. The molecular weight excluding hydrogens is 302 g/mol. The molecule has 0 aliphatic rings. The van der Waals surface area contributed by atoms with Crippen molar-refractivity contribution in [2.75, 3.05) is 7.11 Å². The number of methoxy groups -OCH3 is 1. The number of halogens is 1. The van der Waals surface area contributed by atoms with Crippen molar-refractivity contribution in [3.05, 3.63) is 63.6 Å². The molecular formula is C16H18BrNO. The van der Waals surface area contributed by atoms with Crippen molar-refractivity contribution >= 4 is 15.9 Å². The Morgan fingerprint density at radius 2 is 1.84 bits per heavy atom. The van der Waals surface area contributed by atoms with Gasteiger partial charge in [0.2, 0.25) is 0 Å². The third kappa shape index (κ3) is 3.58. The van der Waals surface area contributed by atoms with E-state index in [9.17, 15) is 0 Å². The zero-order valence-electron chi connectivity index (χ0n) is 11.2. The molecule has 0 radical (unpaired) electrons. The van der Waals surface area contributed by atoms with Gasteiger partial charge in [-0.3, -0.25) is 0 Å². The minimum atomic E-state index is -0.0592. The highest BCUT2D eigenvalue weighted by molar-refractivity contribution is 9.10. The molecule has 0 heterocycles. The first-order valence-corrected chi connectivity index (χ1v) is 7.04. The Balaban J connectivity index is 2.21. The van der Waals surface area contributed by atoms with Crippen LogP contribution < -0.4 is 10.5 Å². The van der Waals surface area contributed by atoms with E-state index in [-0.39, 0.29) is 6.04 Å². The second-order valence-electron chi connectivity index (χ2n) is 4.68. The first-order valence-electron chi connectivity index (χ1n) is 6.24. The molecule has 2 aromatic carbocycles. The standard InChI is InChI=1S/C16H18BrNO/c1-11-3-8-16(19-2)14(9-11)15(18)10-12-4-6-13(17)7-5-12/h3-9,15H,10,18H2,1-2H3. The van der Waals surface area contributed by atoms with Gasteiger partial charge in [-0.05, 0) is 37.1 Å². The first kappa shape index (κ1) is 14.1. The average molecular weight is 320 g/mol. The van der Waals surface area contributed by atoms with Gasteiger partial charge in [-0.25, -0.2) is 0 Å². The van der Waals surface area contributed by atoms with E-state index in [1.165, 1.54) is 11.1 Å². The minimum Gasteiger partial charge on any atom is -0.496 e. The van der Waals surface area contributed by atoms with Crippen LogP contribution in [-0.4, -0.2) is 7.11 Å². The molecule has 0 aliphatic heterocycles. The molecule has 0 aliphatic carbocycles.